The molecule has 2 rings (SSSR count). The fraction of sp³-hybridized carbons (Fsp3) is 0.143. The predicted molar refractivity (Wildman–Crippen MR) is 87.2 cm³/mol. The highest BCUT2D eigenvalue weighted by molar-refractivity contribution is 9.11. The number of rotatable bonds is 5. The van der Waals surface area contributed by atoms with Gasteiger partial charge in [0.25, 0.3) is 5.69 Å². The van der Waals surface area contributed by atoms with Gasteiger partial charge in [-0.3, -0.25) is 10.1 Å². The highest BCUT2D eigenvalue weighted by atomic mass is 79.9. The van der Waals surface area contributed by atoms with Crippen molar-refractivity contribution in [2.75, 3.05) is 0 Å². The van der Waals surface area contributed by atoms with Gasteiger partial charge in [0.05, 0.1) is 9.40 Å². The van der Waals surface area contributed by atoms with Crippen LogP contribution in [0.15, 0.2) is 45.3 Å². The minimum absolute atomic E-state index is 0.0219. The first-order valence-corrected chi connectivity index (χ1v) is 7.64. The van der Waals surface area contributed by atoms with Crippen LogP contribution in [0.25, 0.3) is 0 Å². The molecule has 0 aliphatic carbocycles. The van der Waals surface area contributed by atoms with Crippen molar-refractivity contribution >= 4 is 37.5 Å². The monoisotopic (exact) mass is 414 g/mol. The fourth-order valence-corrected chi connectivity index (χ4v) is 2.83. The molecule has 0 aliphatic heterocycles. The summed E-state index contributed by atoms with van der Waals surface area (Å²) in [5.41, 5.74) is 7.29. The molecular formula is C14H12Br2N2O3. The zero-order valence-corrected chi connectivity index (χ0v) is 14.1. The minimum Gasteiger partial charge on any atom is -0.488 e. The largest absolute Gasteiger partial charge is 0.488 e. The molecule has 0 unspecified atom stereocenters. The molecule has 0 radical (unpaired) electrons. The Balaban J connectivity index is 2.17. The van der Waals surface area contributed by atoms with Crippen molar-refractivity contribution in [3.63, 3.8) is 0 Å². The number of nitro benzene ring substituents is 1. The molecule has 0 saturated carbocycles. The normalized spacial score (nSPS) is 10.4. The number of nitrogens with zero attached hydrogens (tertiary/aromatic N) is 1. The molecule has 0 aromatic heterocycles. The van der Waals surface area contributed by atoms with E-state index in [2.05, 4.69) is 31.9 Å². The van der Waals surface area contributed by atoms with E-state index in [1.807, 2.05) is 18.2 Å². The van der Waals surface area contributed by atoms with Gasteiger partial charge in [-0.25, -0.2) is 0 Å². The summed E-state index contributed by atoms with van der Waals surface area (Å²) in [6, 6.07) is 10.4. The van der Waals surface area contributed by atoms with Gasteiger partial charge in [0.1, 0.15) is 16.8 Å². The molecular weight excluding hydrogens is 404 g/mol. The predicted octanol–water partition coefficient (Wildman–Crippen LogP) is 4.16. The van der Waals surface area contributed by atoms with Crippen LogP contribution in [0.3, 0.4) is 0 Å². The molecule has 2 aromatic rings. The Morgan fingerprint density at radius 2 is 2.00 bits per heavy atom. The molecule has 0 aliphatic rings. The smallest absolute Gasteiger partial charge is 0.283 e. The summed E-state index contributed by atoms with van der Waals surface area (Å²) in [4.78, 5) is 10.5. The summed E-state index contributed by atoms with van der Waals surface area (Å²) in [7, 11) is 0. The van der Waals surface area contributed by atoms with E-state index in [4.69, 9.17) is 10.5 Å². The van der Waals surface area contributed by atoms with Crippen molar-refractivity contribution in [3.05, 3.63) is 66.6 Å². The Labute approximate surface area is 138 Å². The lowest BCUT2D eigenvalue weighted by Crippen LogP contribution is -2.01. The Hall–Kier alpha value is -1.44. The van der Waals surface area contributed by atoms with E-state index in [0.717, 1.165) is 10.0 Å². The van der Waals surface area contributed by atoms with E-state index in [0.29, 0.717) is 22.3 Å². The summed E-state index contributed by atoms with van der Waals surface area (Å²) in [6.45, 7) is 0.679. The van der Waals surface area contributed by atoms with Gasteiger partial charge in [-0.2, -0.15) is 0 Å². The van der Waals surface area contributed by atoms with Crippen molar-refractivity contribution in [2.24, 2.45) is 5.73 Å². The van der Waals surface area contributed by atoms with Gasteiger partial charge in [-0.05, 0) is 49.6 Å². The molecule has 2 N–H and O–H groups in total. The third-order valence-corrected chi connectivity index (χ3v) is 4.41. The molecule has 21 heavy (non-hydrogen) atoms. The topological polar surface area (TPSA) is 78.4 Å². The zero-order valence-electron chi connectivity index (χ0n) is 10.9. The first kappa shape index (κ1) is 15.9. The molecule has 5 nitrogen and oxygen atoms in total. The van der Waals surface area contributed by atoms with Crippen LogP contribution in [0.4, 0.5) is 5.69 Å². The molecule has 2 aromatic carbocycles. The number of halogens is 2. The van der Waals surface area contributed by atoms with E-state index >= 15 is 0 Å². The maximum atomic E-state index is 10.9. The quantitative estimate of drug-likeness (QED) is 0.587. The molecule has 0 heterocycles. The van der Waals surface area contributed by atoms with E-state index in [1.54, 1.807) is 12.1 Å². The second-order valence-electron chi connectivity index (χ2n) is 4.26. The number of benzene rings is 2. The Bertz CT molecular complexity index is 677. The Morgan fingerprint density at radius 3 is 2.62 bits per heavy atom. The van der Waals surface area contributed by atoms with Crippen molar-refractivity contribution < 1.29 is 9.66 Å². The van der Waals surface area contributed by atoms with Gasteiger partial charge in [-0.15, -0.1) is 0 Å². The number of ether oxygens (including phenoxy) is 1. The summed E-state index contributed by atoms with van der Waals surface area (Å²) < 4.78 is 6.93. The van der Waals surface area contributed by atoms with Crippen molar-refractivity contribution in [1.29, 1.82) is 0 Å². The average Bonchev–Trinajstić information content (AvgIpc) is 2.46. The first-order valence-electron chi connectivity index (χ1n) is 6.06. The molecule has 0 saturated heterocycles. The van der Waals surface area contributed by atoms with Crippen LogP contribution < -0.4 is 10.5 Å². The molecule has 0 spiro atoms. The van der Waals surface area contributed by atoms with Crippen molar-refractivity contribution in [1.82, 2.24) is 0 Å². The lowest BCUT2D eigenvalue weighted by molar-refractivity contribution is -0.385. The van der Waals surface area contributed by atoms with Gasteiger partial charge in [0, 0.05) is 18.2 Å². The summed E-state index contributed by atoms with van der Waals surface area (Å²) >= 11 is 6.66. The lowest BCUT2D eigenvalue weighted by Gasteiger charge is -2.10. The number of hydrogen-bond donors (Lipinski definition) is 1. The Kier molecular flexibility index (Phi) is 5.33. The second-order valence-corrected chi connectivity index (χ2v) is 5.91. The lowest BCUT2D eigenvalue weighted by atomic mass is 10.2. The average molecular weight is 416 g/mol. The molecule has 7 heteroatoms. The van der Waals surface area contributed by atoms with Gasteiger partial charge >= 0.3 is 0 Å². The van der Waals surface area contributed by atoms with Crippen molar-refractivity contribution in [3.8, 4) is 5.75 Å². The third kappa shape index (κ3) is 3.81. The molecule has 110 valence electrons. The van der Waals surface area contributed by atoms with E-state index in [9.17, 15) is 10.1 Å². The molecule has 0 bridgehead atoms. The second kappa shape index (κ2) is 7.02. The SMILES string of the molecule is NCc1ccc(OCc2cccc([N+](=O)[O-])c2Br)c(Br)c1. The van der Waals surface area contributed by atoms with Crippen LogP contribution in [0.1, 0.15) is 11.1 Å². The van der Waals surface area contributed by atoms with Crippen LogP contribution in [0.5, 0.6) is 5.75 Å². The van der Waals surface area contributed by atoms with E-state index in [-0.39, 0.29) is 12.3 Å². The van der Waals surface area contributed by atoms with Gasteiger partial charge in [0.2, 0.25) is 0 Å². The highest BCUT2D eigenvalue weighted by Crippen LogP contribution is 2.31. The van der Waals surface area contributed by atoms with Gasteiger partial charge in [-0.1, -0.05) is 18.2 Å². The minimum atomic E-state index is -0.431. The third-order valence-electron chi connectivity index (χ3n) is 2.87. The van der Waals surface area contributed by atoms with Crippen molar-refractivity contribution in [2.45, 2.75) is 13.2 Å². The number of hydrogen-bond acceptors (Lipinski definition) is 4. The molecule has 0 fully saturated rings. The van der Waals surface area contributed by atoms with Gasteiger partial charge in [0.15, 0.2) is 0 Å². The zero-order chi connectivity index (χ0) is 15.4. The summed E-state index contributed by atoms with van der Waals surface area (Å²) in [5.74, 6) is 0.658. The first-order chi connectivity index (χ1) is 10.0. The van der Waals surface area contributed by atoms with E-state index in [1.165, 1.54) is 6.07 Å². The maximum absolute atomic E-state index is 10.9. The number of nitro groups is 1. The maximum Gasteiger partial charge on any atom is 0.283 e. The van der Waals surface area contributed by atoms with Crippen LogP contribution in [-0.2, 0) is 13.2 Å². The standard InChI is InChI=1S/C14H12Br2N2O3/c15-11-6-9(7-17)4-5-13(11)21-8-10-2-1-3-12(14(10)16)18(19)20/h1-6H,7-8,17H2. The summed E-state index contributed by atoms with van der Waals surface area (Å²) in [5, 5.41) is 10.9. The molecule has 0 atom stereocenters. The van der Waals surface area contributed by atoms with E-state index < -0.39 is 4.92 Å². The van der Waals surface area contributed by atoms with Crippen LogP contribution in [0, 0.1) is 10.1 Å². The summed E-state index contributed by atoms with van der Waals surface area (Å²) in [6.07, 6.45) is 0. The highest BCUT2D eigenvalue weighted by Gasteiger charge is 2.15. The fourth-order valence-electron chi connectivity index (χ4n) is 1.76. The number of nitrogens with two attached hydrogens (primary N) is 1. The van der Waals surface area contributed by atoms with Gasteiger partial charge < -0.3 is 10.5 Å². The van der Waals surface area contributed by atoms with Crippen LogP contribution in [0.2, 0.25) is 0 Å². The van der Waals surface area contributed by atoms with Crippen LogP contribution in [-0.4, -0.2) is 4.92 Å². The Morgan fingerprint density at radius 1 is 1.24 bits per heavy atom. The molecule has 0 amide bonds. The van der Waals surface area contributed by atoms with Crippen LogP contribution >= 0.6 is 31.9 Å².